The minimum atomic E-state index is -0.722. The first kappa shape index (κ1) is 13.8. The van der Waals surface area contributed by atoms with E-state index in [1.807, 2.05) is 18.2 Å². The maximum atomic E-state index is 12.4. The minimum Gasteiger partial charge on any atom is -0.314 e. The molecule has 3 unspecified atom stereocenters. The highest BCUT2D eigenvalue weighted by atomic mass is 32.2. The third kappa shape index (κ3) is 3.92. The largest absolute Gasteiger partial charge is 0.314 e. The fourth-order valence-electron chi connectivity index (χ4n) is 2.71. The molecular weight excluding hydrogens is 242 g/mol. The summed E-state index contributed by atoms with van der Waals surface area (Å²) in [6.07, 6.45) is 4.66. The Kier molecular flexibility index (Phi) is 5.39. The molecule has 18 heavy (non-hydrogen) atoms. The molecule has 1 N–H and O–H groups in total. The summed E-state index contributed by atoms with van der Waals surface area (Å²) in [5.74, 6) is 0.713. The van der Waals surface area contributed by atoms with Crippen LogP contribution in [0.5, 0.6) is 0 Å². The summed E-state index contributed by atoms with van der Waals surface area (Å²) in [6, 6.07) is 10.8. The van der Waals surface area contributed by atoms with Gasteiger partial charge in [0.2, 0.25) is 0 Å². The highest BCUT2D eigenvalue weighted by molar-refractivity contribution is 7.84. The molecule has 1 fully saturated rings. The molecule has 1 aliphatic carbocycles. The Morgan fingerprint density at radius 2 is 2.06 bits per heavy atom. The van der Waals surface area contributed by atoms with Crippen molar-refractivity contribution in [3.05, 3.63) is 35.9 Å². The molecule has 1 saturated carbocycles. The summed E-state index contributed by atoms with van der Waals surface area (Å²) in [4.78, 5) is 0. The molecule has 0 radical (unpaired) electrons. The van der Waals surface area contributed by atoms with E-state index in [0.29, 0.717) is 17.0 Å². The second kappa shape index (κ2) is 7.05. The van der Waals surface area contributed by atoms with E-state index in [1.54, 1.807) is 0 Å². The molecule has 1 aromatic carbocycles. The first-order chi connectivity index (χ1) is 8.79. The first-order valence-electron chi connectivity index (χ1n) is 6.94. The van der Waals surface area contributed by atoms with Crippen molar-refractivity contribution in [2.75, 3.05) is 6.54 Å². The van der Waals surface area contributed by atoms with Crippen molar-refractivity contribution in [1.29, 1.82) is 0 Å². The Morgan fingerprint density at radius 3 is 2.78 bits per heavy atom. The van der Waals surface area contributed by atoms with Crippen LogP contribution in [0.2, 0.25) is 0 Å². The molecule has 3 heteroatoms. The van der Waals surface area contributed by atoms with E-state index < -0.39 is 10.8 Å². The SMILES string of the molecule is CCNC1CCCC(S(=O)Cc2ccccc2)C1. The molecule has 0 saturated heterocycles. The van der Waals surface area contributed by atoms with Gasteiger partial charge in [-0.2, -0.15) is 0 Å². The molecule has 2 nitrogen and oxygen atoms in total. The van der Waals surface area contributed by atoms with Crippen LogP contribution in [0.15, 0.2) is 30.3 Å². The lowest BCUT2D eigenvalue weighted by molar-refractivity contribution is 0.383. The molecule has 0 amide bonds. The zero-order valence-corrected chi connectivity index (χ0v) is 11.9. The van der Waals surface area contributed by atoms with Crippen molar-refractivity contribution in [1.82, 2.24) is 5.32 Å². The van der Waals surface area contributed by atoms with Gasteiger partial charge in [0.25, 0.3) is 0 Å². The lowest BCUT2D eigenvalue weighted by Gasteiger charge is -2.29. The molecule has 0 spiro atoms. The summed E-state index contributed by atoms with van der Waals surface area (Å²) in [5.41, 5.74) is 1.20. The molecule has 0 bridgehead atoms. The number of rotatable bonds is 5. The van der Waals surface area contributed by atoms with Crippen molar-refractivity contribution in [2.24, 2.45) is 0 Å². The second-order valence-electron chi connectivity index (χ2n) is 5.05. The van der Waals surface area contributed by atoms with E-state index in [4.69, 9.17) is 0 Å². The van der Waals surface area contributed by atoms with E-state index in [-0.39, 0.29) is 0 Å². The lowest BCUT2D eigenvalue weighted by atomic mass is 9.95. The summed E-state index contributed by atoms with van der Waals surface area (Å²) < 4.78 is 12.4. The van der Waals surface area contributed by atoms with Crippen LogP contribution in [0.4, 0.5) is 0 Å². The van der Waals surface area contributed by atoms with E-state index in [1.165, 1.54) is 18.4 Å². The average Bonchev–Trinajstić information content (AvgIpc) is 2.40. The molecule has 0 aromatic heterocycles. The zero-order valence-electron chi connectivity index (χ0n) is 11.1. The van der Waals surface area contributed by atoms with E-state index >= 15 is 0 Å². The van der Waals surface area contributed by atoms with Crippen molar-refractivity contribution in [2.45, 2.75) is 49.7 Å². The summed E-state index contributed by atoms with van der Waals surface area (Å²) >= 11 is 0. The lowest BCUT2D eigenvalue weighted by Crippen LogP contribution is -2.37. The summed E-state index contributed by atoms with van der Waals surface area (Å²) in [7, 11) is -0.722. The van der Waals surface area contributed by atoms with Crippen LogP contribution in [0, 0.1) is 0 Å². The normalized spacial score (nSPS) is 25.8. The van der Waals surface area contributed by atoms with Gasteiger partial charge >= 0.3 is 0 Å². The second-order valence-corrected chi connectivity index (χ2v) is 6.77. The monoisotopic (exact) mass is 265 g/mol. The fraction of sp³-hybridized carbons (Fsp3) is 0.600. The predicted octanol–water partition coefficient (Wildman–Crippen LogP) is 2.86. The quantitative estimate of drug-likeness (QED) is 0.887. The van der Waals surface area contributed by atoms with Crippen molar-refractivity contribution in [3.63, 3.8) is 0 Å². The molecule has 1 aromatic rings. The van der Waals surface area contributed by atoms with Crippen LogP contribution in [-0.2, 0) is 16.6 Å². The van der Waals surface area contributed by atoms with Crippen molar-refractivity contribution < 1.29 is 4.21 Å². The summed E-state index contributed by atoms with van der Waals surface area (Å²) in [5, 5.41) is 3.88. The zero-order chi connectivity index (χ0) is 12.8. The average molecular weight is 265 g/mol. The summed E-state index contributed by atoms with van der Waals surface area (Å²) in [6.45, 7) is 3.16. The van der Waals surface area contributed by atoms with E-state index in [0.717, 1.165) is 19.4 Å². The number of hydrogen-bond donors (Lipinski definition) is 1. The van der Waals surface area contributed by atoms with Crippen LogP contribution < -0.4 is 5.32 Å². The highest BCUT2D eigenvalue weighted by Gasteiger charge is 2.25. The fourth-order valence-corrected chi connectivity index (χ4v) is 4.35. The molecule has 0 heterocycles. The van der Waals surface area contributed by atoms with Gasteiger partial charge in [-0.25, -0.2) is 0 Å². The molecule has 100 valence electrons. The highest BCUT2D eigenvalue weighted by Crippen LogP contribution is 2.24. The Bertz CT molecular complexity index is 377. The van der Waals surface area contributed by atoms with Gasteiger partial charge in [0.15, 0.2) is 0 Å². The molecule has 1 aliphatic rings. The number of nitrogens with one attached hydrogen (secondary N) is 1. The van der Waals surface area contributed by atoms with Crippen molar-refractivity contribution >= 4 is 10.8 Å². The van der Waals surface area contributed by atoms with Gasteiger partial charge in [0, 0.05) is 27.8 Å². The maximum Gasteiger partial charge on any atom is 0.0488 e. The molecule has 0 aliphatic heterocycles. The van der Waals surface area contributed by atoms with Crippen LogP contribution in [0.25, 0.3) is 0 Å². The predicted molar refractivity (Wildman–Crippen MR) is 78.0 cm³/mol. The van der Waals surface area contributed by atoms with Gasteiger partial charge in [-0.1, -0.05) is 43.7 Å². The van der Waals surface area contributed by atoms with Gasteiger partial charge in [0.05, 0.1) is 0 Å². The Morgan fingerprint density at radius 1 is 1.28 bits per heavy atom. The Hall–Kier alpha value is -0.670. The van der Waals surface area contributed by atoms with E-state index in [2.05, 4.69) is 24.4 Å². The number of benzene rings is 1. The minimum absolute atomic E-state index is 0.378. The standard InChI is InChI=1S/C15H23NOS/c1-2-16-14-9-6-10-15(11-14)18(17)12-13-7-4-3-5-8-13/h3-5,7-8,14-16H,2,6,9-12H2,1H3. The van der Waals surface area contributed by atoms with Crippen LogP contribution in [-0.4, -0.2) is 22.0 Å². The third-order valence-electron chi connectivity index (χ3n) is 3.64. The van der Waals surface area contributed by atoms with Gasteiger partial charge < -0.3 is 5.32 Å². The molecular formula is C15H23NOS. The third-order valence-corrected chi connectivity index (χ3v) is 5.43. The molecule has 3 atom stereocenters. The Labute approximate surface area is 113 Å². The van der Waals surface area contributed by atoms with Gasteiger partial charge in [-0.15, -0.1) is 0 Å². The van der Waals surface area contributed by atoms with Gasteiger partial charge in [-0.05, 0) is 31.4 Å². The first-order valence-corrected chi connectivity index (χ1v) is 8.32. The van der Waals surface area contributed by atoms with Gasteiger partial charge in [-0.3, -0.25) is 4.21 Å². The van der Waals surface area contributed by atoms with Crippen LogP contribution in [0.1, 0.15) is 38.2 Å². The van der Waals surface area contributed by atoms with Gasteiger partial charge in [0.1, 0.15) is 0 Å². The van der Waals surface area contributed by atoms with E-state index in [9.17, 15) is 4.21 Å². The molecule has 2 rings (SSSR count). The smallest absolute Gasteiger partial charge is 0.0488 e. The Balaban J connectivity index is 1.88. The van der Waals surface area contributed by atoms with Crippen LogP contribution in [0.3, 0.4) is 0 Å². The maximum absolute atomic E-state index is 12.4. The topological polar surface area (TPSA) is 29.1 Å². The number of hydrogen-bond acceptors (Lipinski definition) is 2. The van der Waals surface area contributed by atoms with Crippen molar-refractivity contribution in [3.8, 4) is 0 Å². The van der Waals surface area contributed by atoms with Crippen LogP contribution >= 0.6 is 0 Å².